The molecular formula is C23H18N6O2. The van der Waals surface area contributed by atoms with Gasteiger partial charge in [-0.2, -0.15) is 5.10 Å². The molecule has 0 atom stereocenters. The number of phenols is 1. The average Bonchev–Trinajstić information content (AvgIpc) is 3.22. The van der Waals surface area contributed by atoms with Gasteiger partial charge < -0.3 is 5.11 Å². The van der Waals surface area contributed by atoms with Crippen LogP contribution >= 0.6 is 0 Å². The van der Waals surface area contributed by atoms with Gasteiger partial charge in [-0.3, -0.25) is 15.6 Å². The van der Waals surface area contributed by atoms with Crippen molar-refractivity contribution in [2.24, 2.45) is 0 Å². The van der Waals surface area contributed by atoms with E-state index in [1.54, 1.807) is 23.0 Å². The van der Waals surface area contributed by atoms with Gasteiger partial charge in [-0.05, 0) is 47.5 Å². The highest BCUT2D eigenvalue weighted by Gasteiger charge is 2.15. The maximum Gasteiger partial charge on any atom is 0.273 e. The highest BCUT2D eigenvalue weighted by Crippen LogP contribution is 2.25. The van der Waals surface area contributed by atoms with Gasteiger partial charge >= 0.3 is 0 Å². The summed E-state index contributed by atoms with van der Waals surface area (Å²) in [5.41, 5.74) is 8.17. The lowest BCUT2D eigenvalue weighted by molar-refractivity contribution is 0.0960. The number of aromatic hydroxyl groups is 1. The maximum atomic E-state index is 12.7. The van der Waals surface area contributed by atoms with E-state index in [0.717, 1.165) is 22.0 Å². The third-order valence-corrected chi connectivity index (χ3v) is 5.02. The Morgan fingerprint density at radius 1 is 1.00 bits per heavy atom. The first-order chi connectivity index (χ1) is 15.1. The highest BCUT2D eigenvalue weighted by molar-refractivity contribution is 6.02. The van der Waals surface area contributed by atoms with Gasteiger partial charge in [-0.25, -0.2) is 14.6 Å². The van der Waals surface area contributed by atoms with Gasteiger partial charge in [0, 0.05) is 0 Å². The summed E-state index contributed by atoms with van der Waals surface area (Å²) in [6.45, 7) is 2.01. The fourth-order valence-corrected chi connectivity index (χ4v) is 3.49. The second-order valence-electron chi connectivity index (χ2n) is 7.15. The number of hydrazine groups is 1. The number of nitrogens with one attached hydrogen (secondary N) is 2. The number of aromatic nitrogens is 4. The van der Waals surface area contributed by atoms with Gasteiger partial charge in [0.1, 0.15) is 12.1 Å². The molecule has 0 unspecified atom stereocenters. The second-order valence-corrected chi connectivity index (χ2v) is 7.15. The third kappa shape index (κ3) is 3.40. The molecule has 5 rings (SSSR count). The number of benzene rings is 3. The van der Waals surface area contributed by atoms with Crippen LogP contribution in [0.25, 0.3) is 27.5 Å². The van der Waals surface area contributed by atoms with Crippen molar-refractivity contribution < 1.29 is 9.90 Å². The molecule has 1 amide bonds. The maximum absolute atomic E-state index is 12.7. The lowest BCUT2D eigenvalue weighted by Gasteiger charge is -2.10. The van der Waals surface area contributed by atoms with E-state index in [1.807, 2.05) is 55.5 Å². The van der Waals surface area contributed by atoms with Crippen LogP contribution in [0.15, 0.2) is 73.2 Å². The summed E-state index contributed by atoms with van der Waals surface area (Å²) in [4.78, 5) is 21.2. The summed E-state index contributed by atoms with van der Waals surface area (Å²) in [5, 5.41) is 17.0. The molecule has 8 nitrogen and oxygen atoms in total. The van der Waals surface area contributed by atoms with E-state index in [2.05, 4.69) is 25.9 Å². The number of nitrogens with zero attached hydrogens (tertiary/aromatic N) is 4. The Bertz CT molecular complexity index is 1440. The number of aryl methyl sites for hydroxylation is 1. The van der Waals surface area contributed by atoms with Crippen LogP contribution in [0.5, 0.6) is 5.75 Å². The minimum absolute atomic E-state index is 0.0990. The summed E-state index contributed by atoms with van der Waals surface area (Å²) >= 11 is 0. The number of amides is 1. The van der Waals surface area contributed by atoms with E-state index in [1.165, 1.54) is 6.33 Å². The number of anilines is 1. The molecule has 152 valence electrons. The number of hydrogen-bond donors (Lipinski definition) is 3. The van der Waals surface area contributed by atoms with Gasteiger partial charge in [0.25, 0.3) is 5.91 Å². The average molecular weight is 410 g/mol. The topological polar surface area (TPSA) is 105 Å². The van der Waals surface area contributed by atoms with E-state index in [9.17, 15) is 9.90 Å². The molecule has 0 fully saturated rings. The van der Waals surface area contributed by atoms with Crippen LogP contribution in [0.1, 0.15) is 15.9 Å². The zero-order valence-corrected chi connectivity index (χ0v) is 16.6. The third-order valence-electron chi connectivity index (χ3n) is 5.02. The van der Waals surface area contributed by atoms with Crippen LogP contribution in [-0.2, 0) is 0 Å². The van der Waals surface area contributed by atoms with E-state index in [-0.39, 0.29) is 11.3 Å². The monoisotopic (exact) mass is 410 g/mol. The summed E-state index contributed by atoms with van der Waals surface area (Å²) in [6, 6.07) is 18.6. The van der Waals surface area contributed by atoms with E-state index < -0.39 is 5.91 Å². The van der Waals surface area contributed by atoms with Crippen LogP contribution in [0.3, 0.4) is 0 Å². The fourth-order valence-electron chi connectivity index (χ4n) is 3.49. The summed E-state index contributed by atoms with van der Waals surface area (Å²) in [7, 11) is 0. The molecule has 0 bridgehead atoms. The van der Waals surface area contributed by atoms with Gasteiger partial charge in [-0.1, -0.05) is 36.4 Å². The molecule has 0 spiro atoms. The van der Waals surface area contributed by atoms with Crippen LogP contribution in [0.2, 0.25) is 0 Å². The van der Waals surface area contributed by atoms with Crippen molar-refractivity contribution in [2.75, 3.05) is 5.43 Å². The molecule has 0 saturated carbocycles. The highest BCUT2D eigenvalue weighted by atomic mass is 16.3. The number of hydrogen-bond acceptors (Lipinski definition) is 6. The van der Waals surface area contributed by atoms with Crippen molar-refractivity contribution in [1.82, 2.24) is 25.2 Å². The Labute approximate surface area is 177 Å². The van der Waals surface area contributed by atoms with Crippen molar-refractivity contribution in [1.29, 1.82) is 0 Å². The molecule has 0 aliphatic heterocycles. The molecule has 3 aromatic carbocycles. The number of phenolic OH excluding ortho intramolecular Hbond substituents is 1. The Hall–Kier alpha value is -4.46. The van der Waals surface area contributed by atoms with E-state index in [0.29, 0.717) is 16.9 Å². The molecule has 2 heterocycles. The minimum Gasteiger partial charge on any atom is -0.507 e. The quantitative estimate of drug-likeness (QED) is 0.390. The molecular weight excluding hydrogens is 392 g/mol. The first-order valence-corrected chi connectivity index (χ1v) is 9.64. The molecule has 0 aliphatic rings. The number of fused-ring (bicyclic) bond motifs is 2. The first-order valence-electron chi connectivity index (χ1n) is 9.64. The van der Waals surface area contributed by atoms with E-state index >= 15 is 0 Å². The van der Waals surface area contributed by atoms with E-state index in [4.69, 9.17) is 0 Å². The summed E-state index contributed by atoms with van der Waals surface area (Å²) in [6.07, 6.45) is 3.04. The van der Waals surface area contributed by atoms with Crippen molar-refractivity contribution in [3.63, 3.8) is 0 Å². The van der Waals surface area contributed by atoms with Crippen LogP contribution in [0, 0.1) is 6.92 Å². The molecule has 0 aliphatic carbocycles. The Balaban J connectivity index is 1.43. The molecule has 5 aromatic rings. The van der Waals surface area contributed by atoms with Crippen LogP contribution < -0.4 is 10.9 Å². The van der Waals surface area contributed by atoms with Gasteiger partial charge in [0.2, 0.25) is 0 Å². The largest absolute Gasteiger partial charge is 0.507 e. The Morgan fingerprint density at radius 2 is 1.81 bits per heavy atom. The number of rotatable bonds is 4. The molecule has 3 N–H and O–H groups in total. The van der Waals surface area contributed by atoms with Crippen LogP contribution in [-0.4, -0.2) is 30.8 Å². The van der Waals surface area contributed by atoms with Crippen molar-refractivity contribution in [2.45, 2.75) is 6.92 Å². The van der Waals surface area contributed by atoms with Crippen LogP contribution in [0.4, 0.5) is 5.82 Å². The smallest absolute Gasteiger partial charge is 0.273 e. The fraction of sp³-hybridized carbons (Fsp3) is 0.0435. The SMILES string of the molecule is Cc1cccc(-n2ncc3c(NNC(=O)c4cc5ccccc5cc4O)ncnc32)c1. The van der Waals surface area contributed by atoms with Crippen molar-refractivity contribution in [3.8, 4) is 11.4 Å². The molecule has 0 radical (unpaired) electrons. The number of carbonyl (C=O) groups excluding carboxylic acids is 1. The lowest BCUT2D eigenvalue weighted by atomic mass is 10.1. The summed E-state index contributed by atoms with van der Waals surface area (Å²) < 4.78 is 1.71. The number of carbonyl (C=O) groups is 1. The Morgan fingerprint density at radius 3 is 2.61 bits per heavy atom. The predicted octanol–water partition coefficient (Wildman–Crippen LogP) is 3.74. The molecule has 2 aromatic heterocycles. The van der Waals surface area contributed by atoms with Crippen molar-refractivity contribution in [3.05, 3.63) is 84.3 Å². The predicted molar refractivity (Wildman–Crippen MR) is 118 cm³/mol. The lowest BCUT2D eigenvalue weighted by Crippen LogP contribution is -2.30. The summed E-state index contributed by atoms with van der Waals surface area (Å²) in [5.74, 6) is -0.184. The standard InChI is InChI=1S/C23H18N6O2/c1-14-5-4-8-17(9-14)29-22-19(12-26-29)21(24-13-25-22)27-28-23(31)18-10-15-6-2-3-7-16(15)11-20(18)30/h2-13,30H,1H3,(H,28,31)(H,24,25,27). The zero-order chi connectivity index (χ0) is 21.4. The zero-order valence-electron chi connectivity index (χ0n) is 16.6. The van der Waals surface area contributed by atoms with Gasteiger partial charge in [-0.15, -0.1) is 0 Å². The molecule has 0 saturated heterocycles. The second kappa shape index (κ2) is 7.42. The van der Waals surface area contributed by atoms with Gasteiger partial charge in [0.05, 0.1) is 22.8 Å². The molecule has 31 heavy (non-hydrogen) atoms. The Kier molecular flexibility index (Phi) is 4.44. The van der Waals surface area contributed by atoms with Crippen molar-refractivity contribution >= 4 is 33.5 Å². The normalized spacial score (nSPS) is 11.0. The molecule has 8 heteroatoms. The minimum atomic E-state index is -0.485. The first kappa shape index (κ1) is 18.6. The van der Waals surface area contributed by atoms with Gasteiger partial charge in [0.15, 0.2) is 11.5 Å².